The van der Waals surface area contributed by atoms with Crippen LogP contribution in [0.5, 0.6) is 5.88 Å². The van der Waals surface area contributed by atoms with Crippen molar-refractivity contribution in [2.45, 2.75) is 38.4 Å². The summed E-state index contributed by atoms with van der Waals surface area (Å²) in [5, 5.41) is 3.32. The summed E-state index contributed by atoms with van der Waals surface area (Å²) in [5.74, 6) is 1.52. The van der Waals surface area contributed by atoms with Crippen LogP contribution in [0, 0.1) is 6.92 Å². The highest BCUT2D eigenvalue weighted by molar-refractivity contribution is 9.09. The molecule has 1 unspecified atom stereocenters. The third kappa shape index (κ3) is 4.50. The Bertz CT molecular complexity index is 347. The Kier molecular flexibility index (Phi) is 6.26. The first-order chi connectivity index (χ1) is 8.19. The van der Waals surface area contributed by atoms with E-state index in [-0.39, 0.29) is 0 Å². The van der Waals surface area contributed by atoms with Crippen LogP contribution >= 0.6 is 15.9 Å². The van der Waals surface area contributed by atoms with Gasteiger partial charge in [0, 0.05) is 11.4 Å². The number of rotatable bonds is 7. The average Bonchev–Trinajstić information content (AvgIpc) is 2.33. The molecule has 1 aromatic heterocycles. The van der Waals surface area contributed by atoms with Crippen molar-refractivity contribution in [2.75, 3.05) is 18.5 Å². The van der Waals surface area contributed by atoms with E-state index in [4.69, 9.17) is 4.74 Å². The predicted molar refractivity (Wildman–Crippen MR) is 74.1 cm³/mol. The lowest BCUT2D eigenvalue weighted by atomic mass is 10.2. The minimum absolute atomic E-state index is 0.559. The summed E-state index contributed by atoms with van der Waals surface area (Å²) < 4.78 is 5.43. The quantitative estimate of drug-likeness (QED) is 0.786. The summed E-state index contributed by atoms with van der Waals surface area (Å²) in [4.78, 5) is 8.89. The second-order valence-electron chi connectivity index (χ2n) is 3.81. The molecular weight excluding hydrogens is 282 g/mol. The van der Waals surface area contributed by atoms with Gasteiger partial charge in [0.15, 0.2) is 0 Å². The fourth-order valence-electron chi connectivity index (χ4n) is 1.45. The van der Waals surface area contributed by atoms with Crippen LogP contribution in [0.25, 0.3) is 0 Å². The Balaban J connectivity index is 2.56. The van der Waals surface area contributed by atoms with Crippen molar-refractivity contribution in [3.05, 3.63) is 11.9 Å². The fraction of sp³-hybridized carbons (Fsp3) is 0.667. The summed E-state index contributed by atoms with van der Waals surface area (Å²) in [6.07, 6.45) is 3.74. The Morgan fingerprint density at radius 3 is 2.82 bits per heavy atom. The normalized spacial score (nSPS) is 12.2. The van der Waals surface area contributed by atoms with Gasteiger partial charge in [-0.05, 0) is 26.7 Å². The molecule has 5 heteroatoms. The van der Waals surface area contributed by atoms with Crippen LogP contribution in [0.15, 0.2) is 6.33 Å². The summed E-state index contributed by atoms with van der Waals surface area (Å²) in [7, 11) is 0. The standard InChI is InChI=1S/C12H20BrN3O/c1-4-10(13)6-7-14-11-9(3)12(17-5-2)16-8-15-11/h8,10H,4-7H2,1-3H3,(H,14,15,16). The van der Waals surface area contributed by atoms with Gasteiger partial charge in [0.1, 0.15) is 12.1 Å². The molecule has 0 aromatic carbocycles. The van der Waals surface area contributed by atoms with E-state index in [0.717, 1.165) is 30.8 Å². The van der Waals surface area contributed by atoms with E-state index in [0.29, 0.717) is 17.3 Å². The van der Waals surface area contributed by atoms with Crippen molar-refractivity contribution >= 4 is 21.7 Å². The minimum Gasteiger partial charge on any atom is -0.478 e. The van der Waals surface area contributed by atoms with E-state index < -0.39 is 0 Å². The monoisotopic (exact) mass is 301 g/mol. The molecule has 0 bridgehead atoms. The summed E-state index contributed by atoms with van der Waals surface area (Å²) in [5.41, 5.74) is 0.969. The molecule has 1 heterocycles. The maximum atomic E-state index is 5.43. The van der Waals surface area contributed by atoms with E-state index in [9.17, 15) is 0 Å². The zero-order valence-corrected chi connectivity index (χ0v) is 12.2. The number of hydrogen-bond donors (Lipinski definition) is 1. The third-order valence-corrected chi connectivity index (χ3v) is 3.62. The maximum Gasteiger partial charge on any atom is 0.221 e. The molecule has 96 valence electrons. The first-order valence-electron chi connectivity index (χ1n) is 6.01. The van der Waals surface area contributed by atoms with Gasteiger partial charge in [0.05, 0.1) is 12.2 Å². The second-order valence-corrected chi connectivity index (χ2v) is 5.10. The molecule has 1 atom stereocenters. The van der Waals surface area contributed by atoms with E-state index in [2.05, 4.69) is 38.1 Å². The number of nitrogens with one attached hydrogen (secondary N) is 1. The van der Waals surface area contributed by atoms with Gasteiger partial charge in [0.25, 0.3) is 0 Å². The fourth-order valence-corrected chi connectivity index (χ4v) is 1.67. The Labute approximate surface area is 111 Å². The van der Waals surface area contributed by atoms with Crippen molar-refractivity contribution in [3.63, 3.8) is 0 Å². The summed E-state index contributed by atoms with van der Waals surface area (Å²) in [6.45, 7) is 7.61. The first-order valence-corrected chi connectivity index (χ1v) is 6.92. The van der Waals surface area contributed by atoms with Crippen LogP contribution in [0.1, 0.15) is 32.3 Å². The van der Waals surface area contributed by atoms with E-state index in [1.165, 1.54) is 6.33 Å². The van der Waals surface area contributed by atoms with Crippen molar-refractivity contribution in [3.8, 4) is 5.88 Å². The number of nitrogens with zero attached hydrogens (tertiary/aromatic N) is 2. The topological polar surface area (TPSA) is 47.0 Å². The van der Waals surface area contributed by atoms with Crippen molar-refractivity contribution in [2.24, 2.45) is 0 Å². The van der Waals surface area contributed by atoms with Crippen LogP contribution in [0.4, 0.5) is 5.82 Å². The predicted octanol–water partition coefficient (Wildman–Crippen LogP) is 3.16. The number of halogens is 1. The molecule has 1 aromatic rings. The molecule has 4 nitrogen and oxygen atoms in total. The smallest absolute Gasteiger partial charge is 0.221 e. The molecule has 0 spiro atoms. The molecule has 0 aliphatic heterocycles. The maximum absolute atomic E-state index is 5.43. The van der Waals surface area contributed by atoms with Crippen molar-refractivity contribution in [1.82, 2.24) is 9.97 Å². The van der Waals surface area contributed by atoms with Crippen LogP contribution in [-0.4, -0.2) is 27.9 Å². The number of anilines is 1. The number of aromatic nitrogens is 2. The van der Waals surface area contributed by atoms with Gasteiger partial charge >= 0.3 is 0 Å². The largest absolute Gasteiger partial charge is 0.478 e. The highest BCUT2D eigenvalue weighted by Crippen LogP contribution is 2.20. The molecule has 1 N–H and O–H groups in total. The summed E-state index contributed by atoms with van der Waals surface area (Å²) in [6, 6.07) is 0. The summed E-state index contributed by atoms with van der Waals surface area (Å²) >= 11 is 3.61. The highest BCUT2D eigenvalue weighted by atomic mass is 79.9. The van der Waals surface area contributed by atoms with Gasteiger partial charge in [-0.1, -0.05) is 22.9 Å². The molecule has 0 saturated heterocycles. The SMILES string of the molecule is CCOc1ncnc(NCCC(Br)CC)c1C. The van der Waals surface area contributed by atoms with Gasteiger partial charge in [-0.2, -0.15) is 0 Å². The Morgan fingerprint density at radius 1 is 1.41 bits per heavy atom. The van der Waals surface area contributed by atoms with Crippen LogP contribution in [0.2, 0.25) is 0 Å². The van der Waals surface area contributed by atoms with E-state index in [1.807, 2.05) is 13.8 Å². The molecule has 0 aliphatic carbocycles. The van der Waals surface area contributed by atoms with Crippen LogP contribution < -0.4 is 10.1 Å². The minimum atomic E-state index is 0.559. The molecular formula is C12H20BrN3O. The number of hydrogen-bond acceptors (Lipinski definition) is 4. The number of ether oxygens (including phenoxy) is 1. The number of alkyl halides is 1. The molecule has 1 rings (SSSR count). The first kappa shape index (κ1) is 14.2. The van der Waals surface area contributed by atoms with Gasteiger partial charge in [0.2, 0.25) is 5.88 Å². The van der Waals surface area contributed by atoms with Gasteiger partial charge in [-0.3, -0.25) is 0 Å². The molecule has 0 fully saturated rings. The van der Waals surface area contributed by atoms with E-state index >= 15 is 0 Å². The lowest BCUT2D eigenvalue weighted by molar-refractivity contribution is 0.324. The van der Waals surface area contributed by atoms with E-state index in [1.54, 1.807) is 0 Å². The van der Waals surface area contributed by atoms with Gasteiger partial charge in [-0.15, -0.1) is 0 Å². The molecule has 0 aliphatic rings. The average molecular weight is 302 g/mol. The van der Waals surface area contributed by atoms with Crippen molar-refractivity contribution < 1.29 is 4.74 Å². The molecule has 17 heavy (non-hydrogen) atoms. The Hall–Kier alpha value is -0.840. The molecule has 0 radical (unpaired) electrons. The second kappa shape index (κ2) is 7.48. The van der Waals surface area contributed by atoms with Crippen molar-refractivity contribution in [1.29, 1.82) is 0 Å². The van der Waals surface area contributed by atoms with Crippen LogP contribution in [-0.2, 0) is 0 Å². The molecule has 0 saturated carbocycles. The van der Waals surface area contributed by atoms with Gasteiger partial charge in [-0.25, -0.2) is 9.97 Å². The van der Waals surface area contributed by atoms with Gasteiger partial charge < -0.3 is 10.1 Å². The lowest BCUT2D eigenvalue weighted by Gasteiger charge is -2.12. The third-order valence-electron chi connectivity index (χ3n) is 2.51. The Morgan fingerprint density at radius 2 is 2.18 bits per heavy atom. The zero-order valence-electron chi connectivity index (χ0n) is 10.7. The van der Waals surface area contributed by atoms with Crippen LogP contribution in [0.3, 0.4) is 0 Å². The molecule has 0 amide bonds. The lowest BCUT2D eigenvalue weighted by Crippen LogP contribution is -2.10. The highest BCUT2D eigenvalue weighted by Gasteiger charge is 2.07. The zero-order chi connectivity index (χ0) is 12.7.